The summed E-state index contributed by atoms with van der Waals surface area (Å²) in [5, 5.41) is 8.85. The molecule has 1 aromatic rings. The van der Waals surface area contributed by atoms with E-state index < -0.39 is 22.0 Å². The van der Waals surface area contributed by atoms with Gasteiger partial charge in [0, 0.05) is 6.54 Å². The van der Waals surface area contributed by atoms with Crippen LogP contribution >= 0.6 is 11.3 Å². The van der Waals surface area contributed by atoms with Gasteiger partial charge in [-0.3, -0.25) is 4.79 Å². The average Bonchev–Trinajstić information content (AvgIpc) is 2.89. The Bertz CT molecular complexity index is 607. The second kappa shape index (κ2) is 7.53. The van der Waals surface area contributed by atoms with E-state index >= 15 is 0 Å². The maximum absolute atomic E-state index is 12.4. The Labute approximate surface area is 127 Å². The zero-order valence-corrected chi connectivity index (χ0v) is 13.4. The average molecular weight is 335 g/mol. The Balaban J connectivity index is 3.03. The number of carbonyl (C=O) groups is 2. The first-order valence-electron chi connectivity index (χ1n) is 6.31. The molecule has 0 aliphatic rings. The van der Waals surface area contributed by atoms with Gasteiger partial charge >= 0.3 is 11.9 Å². The van der Waals surface area contributed by atoms with Crippen molar-refractivity contribution in [3.05, 3.63) is 17.0 Å². The molecule has 0 amide bonds. The summed E-state index contributed by atoms with van der Waals surface area (Å²) in [5.74, 6) is -1.82. The van der Waals surface area contributed by atoms with Crippen molar-refractivity contribution in [1.29, 1.82) is 0 Å². The minimum atomic E-state index is -3.90. The van der Waals surface area contributed by atoms with Gasteiger partial charge in [0.25, 0.3) is 10.0 Å². The Hall–Kier alpha value is -1.45. The molecule has 21 heavy (non-hydrogen) atoms. The topological polar surface area (TPSA) is 101 Å². The number of nitrogens with zero attached hydrogens (tertiary/aromatic N) is 1. The molecule has 0 atom stereocenters. The monoisotopic (exact) mass is 335 g/mol. The smallest absolute Gasteiger partial charge is 0.345 e. The Morgan fingerprint density at radius 2 is 2.00 bits per heavy atom. The fourth-order valence-corrected chi connectivity index (χ4v) is 4.36. The minimum absolute atomic E-state index is 0.0684. The van der Waals surface area contributed by atoms with Crippen LogP contribution in [0.3, 0.4) is 0 Å². The van der Waals surface area contributed by atoms with E-state index in [1.807, 2.05) is 0 Å². The van der Waals surface area contributed by atoms with Gasteiger partial charge in [-0.25, -0.2) is 13.2 Å². The summed E-state index contributed by atoms with van der Waals surface area (Å²) >= 11 is 0.661. The fourth-order valence-electron chi connectivity index (χ4n) is 1.59. The summed E-state index contributed by atoms with van der Waals surface area (Å²) < 4.78 is 30.5. The minimum Gasteiger partial charge on any atom is -0.477 e. The third-order valence-electron chi connectivity index (χ3n) is 2.47. The van der Waals surface area contributed by atoms with Crippen molar-refractivity contribution >= 4 is 33.3 Å². The molecule has 7 nitrogen and oxygen atoms in total. The van der Waals surface area contributed by atoms with E-state index in [-0.39, 0.29) is 28.8 Å². The van der Waals surface area contributed by atoms with Crippen LogP contribution in [-0.4, -0.2) is 49.5 Å². The molecule has 1 heterocycles. The number of esters is 1. The molecule has 118 valence electrons. The van der Waals surface area contributed by atoms with Crippen LogP contribution in [0, 0.1) is 0 Å². The number of thiophene rings is 1. The molecule has 0 saturated carbocycles. The highest BCUT2D eigenvalue weighted by Crippen LogP contribution is 2.25. The van der Waals surface area contributed by atoms with Crippen LogP contribution in [0.4, 0.5) is 0 Å². The summed E-state index contributed by atoms with van der Waals surface area (Å²) in [6.45, 7) is 3.35. The van der Waals surface area contributed by atoms with Gasteiger partial charge in [-0.1, -0.05) is 6.92 Å². The molecule has 0 bridgehead atoms. The van der Waals surface area contributed by atoms with Gasteiger partial charge in [0.15, 0.2) is 0 Å². The van der Waals surface area contributed by atoms with E-state index in [0.29, 0.717) is 17.8 Å². The van der Waals surface area contributed by atoms with Gasteiger partial charge in [0.2, 0.25) is 0 Å². The second-order valence-corrected chi connectivity index (χ2v) is 7.32. The largest absolute Gasteiger partial charge is 0.477 e. The lowest BCUT2D eigenvalue weighted by Crippen LogP contribution is -2.36. The first kappa shape index (κ1) is 17.6. The van der Waals surface area contributed by atoms with E-state index in [1.54, 1.807) is 13.8 Å². The number of hydrogen-bond acceptors (Lipinski definition) is 6. The third-order valence-corrected chi connectivity index (χ3v) is 5.86. The van der Waals surface area contributed by atoms with Crippen LogP contribution in [0.1, 0.15) is 29.9 Å². The summed E-state index contributed by atoms with van der Waals surface area (Å²) in [4.78, 5) is 22.3. The van der Waals surface area contributed by atoms with Crippen LogP contribution in [0.5, 0.6) is 0 Å². The van der Waals surface area contributed by atoms with Crippen molar-refractivity contribution in [2.75, 3.05) is 19.7 Å². The van der Waals surface area contributed by atoms with Crippen LogP contribution in [0.2, 0.25) is 0 Å². The van der Waals surface area contributed by atoms with Crippen molar-refractivity contribution in [2.45, 2.75) is 24.5 Å². The highest BCUT2D eigenvalue weighted by Gasteiger charge is 2.28. The summed E-state index contributed by atoms with van der Waals surface area (Å²) in [5.41, 5.74) is 0. The number of aromatic carboxylic acids is 1. The van der Waals surface area contributed by atoms with E-state index in [2.05, 4.69) is 0 Å². The number of hydrogen-bond donors (Lipinski definition) is 1. The zero-order valence-electron chi connectivity index (χ0n) is 11.7. The molecule has 0 spiro atoms. The van der Waals surface area contributed by atoms with Crippen LogP contribution in [0.15, 0.2) is 16.3 Å². The molecular formula is C12H17NO6S2. The van der Waals surface area contributed by atoms with Gasteiger partial charge in [-0.15, -0.1) is 11.3 Å². The number of rotatable bonds is 8. The molecule has 0 aliphatic heterocycles. The standard InChI is InChI=1S/C12H17NO6S2/c1-3-7-13(8-10(14)19-4-2)21(17,18)11-6-5-9(20-11)12(15)16/h5-6H,3-4,7-8H2,1-2H3,(H,15,16). The highest BCUT2D eigenvalue weighted by molar-refractivity contribution is 7.91. The molecule has 0 aromatic carbocycles. The number of carbonyl (C=O) groups excluding carboxylic acids is 1. The normalized spacial score (nSPS) is 11.6. The molecular weight excluding hydrogens is 318 g/mol. The summed E-state index contributed by atoms with van der Waals surface area (Å²) in [7, 11) is -3.90. The molecule has 0 aliphatic carbocycles. The predicted octanol–water partition coefficient (Wildman–Crippen LogP) is 1.41. The van der Waals surface area contributed by atoms with Crippen molar-refractivity contribution < 1.29 is 27.9 Å². The van der Waals surface area contributed by atoms with Gasteiger partial charge < -0.3 is 9.84 Å². The lowest BCUT2D eigenvalue weighted by atomic mass is 10.5. The number of carboxylic acid groups (broad SMARTS) is 1. The van der Waals surface area contributed by atoms with Crippen LogP contribution in [0.25, 0.3) is 0 Å². The van der Waals surface area contributed by atoms with Crippen molar-refractivity contribution in [3.8, 4) is 0 Å². The molecule has 0 saturated heterocycles. The molecule has 9 heteroatoms. The maximum Gasteiger partial charge on any atom is 0.345 e. The molecule has 1 aromatic heterocycles. The van der Waals surface area contributed by atoms with E-state index in [9.17, 15) is 18.0 Å². The lowest BCUT2D eigenvalue weighted by molar-refractivity contribution is -0.143. The molecule has 0 fully saturated rings. The van der Waals surface area contributed by atoms with Gasteiger partial charge in [0.1, 0.15) is 15.6 Å². The maximum atomic E-state index is 12.4. The summed E-state index contributed by atoms with van der Waals surface area (Å²) in [6.07, 6.45) is 0.524. The quantitative estimate of drug-likeness (QED) is 0.721. The van der Waals surface area contributed by atoms with Crippen molar-refractivity contribution in [2.24, 2.45) is 0 Å². The fraction of sp³-hybridized carbons (Fsp3) is 0.500. The molecule has 1 N–H and O–H groups in total. The Morgan fingerprint density at radius 3 is 2.48 bits per heavy atom. The van der Waals surface area contributed by atoms with Crippen LogP contribution in [-0.2, 0) is 19.6 Å². The lowest BCUT2D eigenvalue weighted by Gasteiger charge is -2.19. The van der Waals surface area contributed by atoms with Crippen molar-refractivity contribution in [3.63, 3.8) is 0 Å². The van der Waals surface area contributed by atoms with Gasteiger partial charge in [-0.2, -0.15) is 4.31 Å². The molecule has 0 radical (unpaired) electrons. The number of ether oxygens (including phenoxy) is 1. The second-order valence-electron chi connectivity index (χ2n) is 4.07. The highest BCUT2D eigenvalue weighted by atomic mass is 32.2. The zero-order chi connectivity index (χ0) is 16.0. The van der Waals surface area contributed by atoms with Gasteiger partial charge in [0.05, 0.1) is 6.61 Å². The number of carboxylic acids is 1. The number of sulfonamides is 1. The third kappa shape index (κ3) is 4.51. The van der Waals surface area contributed by atoms with Crippen LogP contribution < -0.4 is 0 Å². The predicted molar refractivity (Wildman–Crippen MR) is 77.0 cm³/mol. The Morgan fingerprint density at radius 1 is 1.33 bits per heavy atom. The SMILES string of the molecule is CCCN(CC(=O)OCC)S(=O)(=O)c1ccc(C(=O)O)s1. The van der Waals surface area contributed by atoms with E-state index in [0.717, 1.165) is 4.31 Å². The van der Waals surface area contributed by atoms with Gasteiger partial charge in [-0.05, 0) is 25.5 Å². The summed E-state index contributed by atoms with van der Waals surface area (Å²) in [6, 6.07) is 2.46. The first-order chi connectivity index (χ1) is 9.82. The van der Waals surface area contributed by atoms with Crippen molar-refractivity contribution in [1.82, 2.24) is 4.31 Å². The van der Waals surface area contributed by atoms with E-state index in [1.165, 1.54) is 12.1 Å². The first-order valence-corrected chi connectivity index (χ1v) is 8.57. The molecule has 1 rings (SSSR count). The molecule has 0 unspecified atom stereocenters. The van der Waals surface area contributed by atoms with E-state index in [4.69, 9.17) is 9.84 Å². The Kier molecular flexibility index (Phi) is 6.31.